The molecule has 0 spiro atoms. The second-order valence-electron chi connectivity index (χ2n) is 4.60. The second kappa shape index (κ2) is 6.69. The fraction of sp³-hybridized carbons (Fsp3) is 0.250. The van der Waals surface area contributed by atoms with E-state index in [2.05, 4.69) is 93.5 Å². The highest BCUT2D eigenvalue weighted by atomic mass is 79.9. The topological polar surface area (TPSA) is 12.0 Å². The minimum absolute atomic E-state index is 0.231. The molecule has 3 heteroatoms. The van der Waals surface area contributed by atoms with Crippen molar-refractivity contribution in [2.75, 3.05) is 6.54 Å². The van der Waals surface area contributed by atoms with Crippen LogP contribution >= 0.6 is 31.9 Å². The molecule has 1 atom stereocenters. The summed E-state index contributed by atoms with van der Waals surface area (Å²) in [6.45, 7) is 5.20. The maximum absolute atomic E-state index is 3.58. The van der Waals surface area contributed by atoms with E-state index in [1.807, 2.05) is 0 Å². The molecule has 2 aromatic rings. The fourth-order valence-corrected chi connectivity index (χ4v) is 3.11. The van der Waals surface area contributed by atoms with Crippen molar-refractivity contribution in [2.24, 2.45) is 0 Å². The third-order valence-corrected chi connectivity index (χ3v) is 4.00. The van der Waals surface area contributed by atoms with Crippen molar-refractivity contribution >= 4 is 31.9 Å². The quantitative estimate of drug-likeness (QED) is 0.764. The summed E-state index contributed by atoms with van der Waals surface area (Å²) in [4.78, 5) is 0. The third kappa shape index (κ3) is 3.91. The molecule has 1 nitrogen and oxygen atoms in total. The van der Waals surface area contributed by atoms with Crippen LogP contribution in [-0.2, 0) is 0 Å². The van der Waals surface area contributed by atoms with Crippen LogP contribution in [0.15, 0.2) is 51.4 Å². The van der Waals surface area contributed by atoms with Crippen LogP contribution in [0, 0.1) is 6.92 Å². The van der Waals surface area contributed by atoms with Crippen molar-refractivity contribution < 1.29 is 0 Å². The molecule has 100 valence electrons. The number of aryl methyl sites for hydroxylation is 1. The Labute approximate surface area is 131 Å². The smallest absolute Gasteiger partial charge is 0.0577 e. The first-order valence-electron chi connectivity index (χ1n) is 6.36. The Balaban J connectivity index is 2.41. The molecule has 19 heavy (non-hydrogen) atoms. The Morgan fingerprint density at radius 3 is 2.21 bits per heavy atom. The van der Waals surface area contributed by atoms with Gasteiger partial charge in [-0.2, -0.15) is 0 Å². The summed E-state index contributed by atoms with van der Waals surface area (Å²) in [6.07, 6.45) is 0. The molecule has 1 N–H and O–H groups in total. The van der Waals surface area contributed by atoms with Crippen LogP contribution in [0.4, 0.5) is 0 Å². The Kier molecular flexibility index (Phi) is 5.20. The summed E-state index contributed by atoms with van der Waals surface area (Å²) in [5.41, 5.74) is 3.84. The monoisotopic (exact) mass is 381 g/mol. The van der Waals surface area contributed by atoms with E-state index in [0.717, 1.165) is 15.5 Å². The lowest BCUT2D eigenvalue weighted by Crippen LogP contribution is -2.22. The number of hydrogen-bond donors (Lipinski definition) is 1. The van der Waals surface area contributed by atoms with Gasteiger partial charge in [0.1, 0.15) is 0 Å². The zero-order valence-corrected chi connectivity index (χ0v) is 14.3. The van der Waals surface area contributed by atoms with Crippen molar-refractivity contribution in [1.29, 1.82) is 0 Å². The number of rotatable bonds is 4. The van der Waals surface area contributed by atoms with E-state index < -0.39 is 0 Å². The minimum Gasteiger partial charge on any atom is -0.307 e. The molecule has 0 radical (unpaired) electrons. The molecule has 0 aromatic heterocycles. The van der Waals surface area contributed by atoms with Gasteiger partial charge >= 0.3 is 0 Å². The number of hydrogen-bond acceptors (Lipinski definition) is 1. The molecule has 1 unspecified atom stereocenters. The average Bonchev–Trinajstić information content (AvgIpc) is 2.36. The Bertz CT molecular complexity index is 529. The predicted octanol–water partition coefficient (Wildman–Crippen LogP) is 5.22. The highest BCUT2D eigenvalue weighted by Crippen LogP contribution is 2.27. The Morgan fingerprint density at radius 1 is 0.947 bits per heavy atom. The van der Waals surface area contributed by atoms with Gasteiger partial charge in [-0.15, -0.1) is 0 Å². The van der Waals surface area contributed by atoms with Crippen LogP contribution in [-0.4, -0.2) is 6.54 Å². The van der Waals surface area contributed by atoms with E-state index >= 15 is 0 Å². The van der Waals surface area contributed by atoms with Gasteiger partial charge in [0.05, 0.1) is 6.04 Å². The van der Waals surface area contributed by atoms with Gasteiger partial charge in [-0.25, -0.2) is 0 Å². The van der Waals surface area contributed by atoms with Gasteiger partial charge < -0.3 is 5.32 Å². The maximum Gasteiger partial charge on any atom is 0.0577 e. The molecule has 2 aromatic carbocycles. The van der Waals surface area contributed by atoms with Gasteiger partial charge in [0.25, 0.3) is 0 Å². The van der Waals surface area contributed by atoms with E-state index in [1.165, 1.54) is 16.7 Å². The molecule has 0 aliphatic heterocycles. The van der Waals surface area contributed by atoms with E-state index in [1.54, 1.807) is 0 Å². The highest BCUT2D eigenvalue weighted by Gasteiger charge is 2.13. The highest BCUT2D eigenvalue weighted by molar-refractivity contribution is 9.10. The van der Waals surface area contributed by atoms with Crippen molar-refractivity contribution in [3.63, 3.8) is 0 Å². The predicted molar refractivity (Wildman–Crippen MR) is 88.5 cm³/mol. The first-order chi connectivity index (χ1) is 9.10. The van der Waals surface area contributed by atoms with Crippen LogP contribution in [0.2, 0.25) is 0 Å². The minimum atomic E-state index is 0.231. The first kappa shape index (κ1) is 14.8. The zero-order chi connectivity index (χ0) is 13.8. The summed E-state index contributed by atoms with van der Waals surface area (Å²) >= 11 is 7.07. The molecule has 0 saturated heterocycles. The van der Waals surface area contributed by atoms with Crippen molar-refractivity contribution in [1.82, 2.24) is 5.32 Å². The largest absolute Gasteiger partial charge is 0.307 e. The van der Waals surface area contributed by atoms with Gasteiger partial charge in [0.2, 0.25) is 0 Å². The van der Waals surface area contributed by atoms with Gasteiger partial charge in [-0.05, 0) is 54.4 Å². The van der Waals surface area contributed by atoms with Crippen molar-refractivity contribution in [3.8, 4) is 0 Å². The number of benzene rings is 2. The van der Waals surface area contributed by atoms with Crippen LogP contribution < -0.4 is 5.32 Å². The third-order valence-electron chi connectivity index (χ3n) is 3.01. The molecule has 0 bridgehead atoms. The summed E-state index contributed by atoms with van der Waals surface area (Å²) in [6, 6.07) is 15.3. The summed E-state index contributed by atoms with van der Waals surface area (Å²) in [5, 5.41) is 3.55. The lowest BCUT2D eigenvalue weighted by atomic mass is 9.97. The van der Waals surface area contributed by atoms with Gasteiger partial charge in [0.15, 0.2) is 0 Å². The molecule has 2 rings (SSSR count). The van der Waals surface area contributed by atoms with Crippen LogP contribution in [0.25, 0.3) is 0 Å². The Hall–Kier alpha value is -0.640. The second-order valence-corrected chi connectivity index (χ2v) is 6.44. The maximum atomic E-state index is 3.58. The molecule has 0 aliphatic rings. The molecule has 0 heterocycles. The van der Waals surface area contributed by atoms with E-state index in [-0.39, 0.29) is 6.04 Å². The molecular formula is C16H17Br2N. The van der Waals surface area contributed by atoms with Gasteiger partial charge in [0, 0.05) is 8.95 Å². The molecule has 0 fully saturated rings. The summed E-state index contributed by atoms with van der Waals surface area (Å²) in [7, 11) is 0. The molecule has 0 aliphatic carbocycles. The van der Waals surface area contributed by atoms with Gasteiger partial charge in [-0.1, -0.05) is 57.0 Å². The SMILES string of the molecule is CCNC(c1ccc(Br)cc1)c1cc(C)cc(Br)c1. The van der Waals surface area contributed by atoms with Crippen LogP contribution in [0.3, 0.4) is 0 Å². The standard InChI is InChI=1S/C16H17Br2N/c1-3-19-16(12-4-6-14(17)7-5-12)13-8-11(2)9-15(18)10-13/h4-10,16,19H,3H2,1-2H3. The van der Waals surface area contributed by atoms with E-state index in [0.29, 0.717) is 0 Å². The number of nitrogens with one attached hydrogen (secondary N) is 1. The summed E-state index contributed by atoms with van der Waals surface area (Å²) in [5.74, 6) is 0. The Morgan fingerprint density at radius 2 is 1.63 bits per heavy atom. The van der Waals surface area contributed by atoms with Crippen LogP contribution in [0.5, 0.6) is 0 Å². The molecule has 0 saturated carbocycles. The normalized spacial score (nSPS) is 12.4. The summed E-state index contributed by atoms with van der Waals surface area (Å²) < 4.78 is 2.24. The molecular weight excluding hydrogens is 366 g/mol. The lowest BCUT2D eigenvalue weighted by molar-refractivity contribution is 0.630. The number of halogens is 2. The van der Waals surface area contributed by atoms with Crippen molar-refractivity contribution in [3.05, 3.63) is 68.1 Å². The molecule has 0 amide bonds. The van der Waals surface area contributed by atoms with Crippen molar-refractivity contribution in [2.45, 2.75) is 19.9 Å². The average molecular weight is 383 g/mol. The lowest BCUT2D eigenvalue weighted by Gasteiger charge is -2.20. The van der Waals surface area contributed by atoms with E-state index in [9.17, 15) is 0 Å². The first-order valence-corrected chi connectivity index (χ1v) is 7.94. The van der Waals surface area contributed by atoms with Crippen LogP contribution in [0.1, 0.15) is 29.7 Å². The fourth-order valence-electron chi connectivity index (χ4n) is 2.22. The van der Waals surface area contributed by atoms with E-state index in [4.69, 9.17) is 0 Å². The zero-order valence-electron chi connectivity index (χ0n) is 11.1. The van der Waals surface area contributed by atoms with Gasteiger partial charge in [-0.3, -0.25) is 0 Å².